The van der Waals surface area contributed by atoms with E-state index in [4.69, 9.17) is 9.84 Å². The molecule has 1 atom stereocenters. The monoisotopic (exact) mass is 543 g/mol. The average molecular weight is 544 g/mol. The highest BCUT2D eigenvalue weighted by Gasteiger charge is 2.14. The Morgan fingerprint density at radius 1 is 0.800 bits per heavy atom. The third-order valence-electron chi connectivity index (χ3n) is 7.79. The minimum absolute atomic E-state index is 0.190. The van der Waals surface area contributed by atoms with E-state index >= 15 is 0 Å². The summed E-state index contributed by atoms with van der Waals surface area (Å²) in [7, 11) is 0. The number of unbranched alkanes of at least 4 members (excludes halogenated alkanes) is 1. The maximum atomic E-state index is 11.2. The van der Waals surface area contributed by atoms with E-state index in [2.05, 4.69) is 35.2 Å². The van der Waals surface area contributed by atoms with Crippen LogP contribution >= 0.6 is 0 Å². The highest BCUT2D eigenvalue weighted by Crippen LogP contribution is 2.26. The summed E-state index contributed by atoms with van der Waals surface area (Å²) in [5, 5.41) is 18.2. The molecule has 1 unspecified atom stereocenters. The molecule has 3 aromatic rings. The first-order valence-corrected chi connectivity index (χ1v) is 14.5. The van der Waals surface area contributed by atoms with Gasteiger partial charge in [-0.2, -0.15) is 0 Å². The molecule has 0 aromatic heterocycles. The molecular formula is C34H41NO5. The van der Waals surface area contributed by atoms with E-state index in [1.807, 2.05) is 30.3 Å². The summed E-state index contributed by atoms with van der Waals surface area (Å²) < 4.78 is 6.28. The van der Waals surface area contributed by atoms with Gasteiger partial charge in [0.05, 0.1) is 5.56 Å². The summed E-state index contributed by atoms with van der Waals surface area (Å²) in [6.07, 6.45) is 7.89. The maximum Gasteiger partial charge on any atom is 0.335 e. The summed E-state index contributed by atoms with van der Waals surface area (Å²) in [4.78, 5) is 24.7. The van der Waals surface area contributed by atoms with Gasteiger partial charge in [0.15, 0.2) is 0 Å². The molecule has 3 aromatic carbocycles. The quantitative estimate of drug-likeness (QED) is 0.189. The number of ether oxygens (including phenoxy) is 1. The third-order valence-corrected chi connectivity index (χ3v) is 7.79. The molecular weight excluding hydrogens is 502 g/mol. The summed E-state index contributed by atoms with van der Waals surface area (Å²) in [6, 6.07) is 24.0. The first-order valence-electron chi connectivity index (χ1n) is 14.5. The lowest BCUT2D eigenvalue weighted by molar-refractivity contribution is -0.137. The molecule has 6 heteroatoms. The van der Waals surface area contributed by atoms with E-state index < -0.39 is 11.9 Å². The summed E-state index contributed by atoms with van der Waals surface area (Å²) in [5.74, 6) is -0.417. The maximum absolute atomic E-state index is 11.2. The number of carboxylic acid groups (broad SMARTS) is 2. The molecule has 40 heavy (non-hydrogen) atoms. The van der Waals surface area contributed by atoms with E-state index in [1.165, 1.54) is 37.1 Å². The third kappa shape index (κ3) is 9.53. The smallest absolute Gasteiger partial charge is 0.335 e. The van der Waals surface area contributed by atoms with Gasteiger partial charge in [0.25, 0.3) is 0 Å². The lowest BCUT2D eigenvalue weighted by atomic mass is 9.88. The largest absolute Gasteiger partial charge is 0.489 e. The van der Waals surface area contributed by atoms with Gasteiger partial charge in [0, 0.05) is 13.0 Å². The van der Waals surface area contributed by atoms with Crippen molar-refractivity contribution in [1.29, 1.82) is 0 Å². The first-order chi connectivity index (χ1) is 19.5. The predicted molar refractivity (Wildman–Crippen MR) is 157 cm³/mol. The number of benzene rings is 3. The van der Waals surface area contributed by atoms with E-state index in [1.54, 1.807) is 12.1 Å². The van der Waals surface area contributed by atoms with Crippen molar-refractivity contribution in [2.75, 3.05) is 13.1 Å². The van der Waals surface area contributed by atoms with Crippen molar-refractivity contribution in [2.45, 2.75) is 70.9 Å². The van der Waals surface area contributed by atoms with Crippen LogP contribution < -0.4 is 4.74 Å². The van der Waals surface area contributed by atoms with Crippen LogP contribution in [0.25, 0.3) is 0 Å². The van der Waals surface area contributed by atoms with Crippen molar-refractivity contribution in [1.82, 2.24) is 4.90 Å². The molecule has 1 aliphatic rings. The number of carboxylic acids is 2. The molecule has 6 nitrogen and oxygen atoms in total. The van der Waals surface area contributed by atoms with Crippen LogP contribution in [-0.2, 0) is 30.8 Å². The molecule has 0 saturated carbocycles. The van der Waals surface area contributed by atoms with Crippen LogP contribution in [0.15, 0.2) is 72.8 Å². The lowest BCUT2D eigenvalue weighted by Crippen LogP contribution is -2.18. The van der Waals surface area contributed by atoms with Crippen LogP contribution in [0.1, 0.15) is 77.6 Å². The SMILES string of the molecule is O=C(O)CCCCC(CCc1ccccc1OCc1ccc(CN2CCCC2)cc1)Cc1ccc(C(=O)O)cc1. The van der Waals surface area contributed by atoms with Crippen LogP contribution in [0.3, 0.4) is 0 Å². The zero-order valence-electron chi connectivity index (χ0n) is 23.3. The van der Waals surface area contributed by atoms with Crippen molar-refractivity contribution in [3.8, 4) is 5.75 Å². The van der Waals surface area contributed by atoms with Crippen molar-refractivity contribution in [2.24, 2.45) is 5.92 Å². The van der Waals surface area contributed by atoms with Crippen molar-refractivity contribution >= 4 is 11.9 Å². The topological polar surface area (TPSA) is 87.1 Å². The van der Waals surface area contributed by atoms with E-state index in [9.17, 15) is 14.7 Å². The fourth-order valence-corrected chi connectivity index (χ4v) is 5.49. The number of aliphatic carboxylic acids is 1. The molecule has 0 amide bonds. The number of aryl methyl sites for hydroxylation is 1. The van der Waals surface area contributed by atoms with E-state index in [0.29, 0.717) is 18.9 Å². The number of hydrogen-bond donors (Lipinski definition) is 2. The Hall–Kier alpha value is -3.64. The van der Waals surface area contributed by atoms with Crippen LogP contribution in [0.5, 0.6) is 5.75 Å². The molecule has 0 bridgehead atoms. The molecule has 0 radical (unpaired) electrons. The molecule has 1 fully saturated rings. The zero-order chi connectivity index (χ0) is 28.2. The Kier molecular flexibility index (Phi) is 11.2. The van der Waals surface area contributed by atoms with E-state index in [-0.39, 0.29) is 12.0 Å². The summed E-state index contributed by atoms with van der Waals surface area (Å²) >= 11 is 0. The summed E-state index contributed by atoms with van der Waals surface area (Å²) in [5.41, 5.74) is 5.06. The molecule has 1 saturated heterocycles. The Balaban J connectivity index is 1.33. The first kappa shape index (κ1) is 29.3. The number of aromatic carboxylic acids is 1. The molecule has 1 heterocycles. The van der Waals surface area contributed by atoms with Gasteiger partial charge in [-0.1, -0.05) is 67.4 Å². The number of rotatable bonds is 16. The second-order valence-corrected chi connectivity index (χ2v) is 10.9. The molecule has 2 N–H and O–H groups in total. The number of carbonyl (C=O) groups is 2. The molecule has 0 aliphatic carbocycles. The normalized spacial score (nSPS) is 14.2. The Labute approximate surface area is 237 Å². The molecule has 4 rings (SSSR count). The lowest BCUT2D eigenvalue weighted by Gasteiger charge is -2.19. The van der Waals surface area contributed by atoms with Crippen LogP contribution in [-0.4, -0.2) is 40.1 Å². The minimum atomic E-state index is -0.925. The van der Waals surface area contributed by atoms with Crippen molar-refractivity contribution < 1.29 is 24.5 Å². The standard InChI is InChI=1S/C34H41NO5/c36-33(37)10-4-1-7-26(23-27-16-19-31(20-17-27)34(38)39)15-18-30-8-2-3-9-32(30)40-25-29-13-11-28(12-14-29)24-35-21-5-6-22-35/h2-3,8-9,11-14,16-17,19-20,26H,1,4-7,10,15,18,21-25H2,(H,36,37)(H,38,39). The number of para-hydroxylation sites is 1. The van der Waals surface area contributed by atoms with Crippen LogP contribution in [0.4, 0.5) is 0 Å². The fourth-order valence-electron chi connectivity index (χ4n) is 5.49. The zero-order valence-corrected chi connectivity index (χ0v) is 23.3. The predicted octanol–water partition coefficient (Wildman–Crippen LogP) is 7.00. The van der Waals surface area contributed by atoms with Gasteiger partial charge in [0.1, 0.15) is 12.4 Å². The van der Waals surface area contributed by atoms with Crippen molar-refractivity contribution in [3.63, 3.8) is 0 Å². The highest BCUT2D eigenvalue weighted by atomic mass is 16.5. The Morgan fingerprint density at radius 2 is 1.48 bits per heavy atom. The van der Waals surface area contributed by atoms with Gasteiger partial charge >= 0.3 is 11.9 Å². The molecule has 1 aliphatic heterocycles. The van der Waals surface area contributed by atoms with E-state index in [0.717, 1.165) is 55.5 Å². The second-order valence-electron chi connectivity index (χ2n) is 10.9. The van der Waals surface area contributed by atoms with Crippen molar-refractivity contribution in [3.05, 3.63) is 101 Å². The van der Waals surface area contributed by atoms with Gasteiger partial charge in [-0.3, -0.25) is 9.69 Å². The molecule has 0 spiro atoms. The Morgan fingerprint density at radius 3 is 2.17 bits per heavy atom. The van der Waals surface area contributed by atoms with Gasteiger partial charge in [-0.25, -0.2) is 4.79 Å². The molecule has 212 valence electrons. The second kappa shape index (κ2) is 15.2. The Bertz CT molecular complexity index is 1220. The van der Waals surface area contributed by atoms with Gasteiger partial charge in [-0.15, -0.1) is 0 Å². The number of nitrogens with zero attached hydrogens (tertiary/aromatic N) is 1. The van der Waals surface area contributed by atoms with Gasteiger partial charge < -0.3 is 14.9 Å². The van der Waals surface area contributed by atoms with Gasteiger partial charge in [0.2, 0.25) is 0 Å². The number of likely N-dealkylation sites (tertiary alicyclic amines) is 1. The average Bonchev–Trinajstić information content (AvgIpc) is 3.47. The fraction of sp³-hybridized carbons (Fsp3) is 0.412. The summed E-state index contributed by atoms with van der Waals surface area (Å²) in [6.45, 7) is 3.93. The van der Waals surface area contributed by atoms with Crippen LogP contribution in [0, 0.1) is 5.92 Å². The van der Waals surface area contributed by atoms with Gasteiger partial charge in [-0.05, 0) is 98.0 Å². The van der Waals surface area contributed by atoms with Crippen LogP contribution in [0.2, 0.25) is 0 Å². The highest BCUT2D eigenvalue weighted by molar-refractivity contribution is 5.87. The minimum Gasteiger partial charge on any atom is -0.489 e. The number of hydrogen-bond acceptors (Lipinski definition) is 4.